The SMILES string of the molecule is COc1ccc(CN[C@@H](c2ccc3c(c2)OCCO3)C(C)C)c(OC)c1. The van der Waals surface area contributed by atoms with Crippen LogP contribution < -0.4 is 24.3 Å². The van der Waals surface area contributed by atoms with Crippen molar-refractivity contribution < 1.29 is 18.9 Å². The summed E-state index contributed by atoms with van der Waals surface area (Å²) in [6.45, 7) is 6.32. The van der Waals surface area contributed by atoms with Crippen LogP contribution in [0, 0.1) is 5.92 Å². The van der Waals surface area contributed by atoms with Crippen molar-refractivity contribution in [3.05, 3.63) is 47.5 Å². The van der Waals surface area contributed by atoms with Crippen LogP contribution in [-0.2, 0) is 6.54 Å². The minimum absolute atomic E-state index is 0.192. The maximum absolute atomic E-state index is 5.73. The molecule has 5 nitrogen and oxygen atoms in total. The molecule has 0 saturated carbocycles. The van der Waals surface area contributed by atoms with Crippen LogP contribution in [0.3, 0.4) is 0 Å². The predicted molar refractivity (Wildman–Crippen MR) is 101 cm³/mol. The van der Waals surface area contributed by atoms with E-state index < -0.39 is 0 Å². The second-order valence-corrected chi connectivity index (χ2v) is 6.68. The highest BCUT2D eigenvalue weighted by molar-refractivity contribution is 5.45. The molecular formula is C21H27NO4. The van der Waals surface area contributed by atoms with Crippen molar-refractivity contribution in [2.75, 3.05) is 27.4 Å². The summed E-state index contributed by atoms with van der Waals surface area (Å²) in [5, 5.41) is 3.65. The Hall–Kier alpha value is -2.40. The van der Waals surface area contributed by atoms with E-state index >= 15 is 0 Å². The van der Waals surface area contributed by atoms with E-state index in [1.165, 1.54) is 5.56 Å². The second kappa shape index (κ2) is 8.32. The van der Waals surface area contributed by atoms with Crippen LogP contribution in [0.25, 0.3) is 0 Å². The van der Waals surface area contributed by atoms with Gasteiger partial charge in [0.15, 0.2) is 11.5 Å². The number of hydrogen-bond donors (Lipinski definition) is 1. The van der Waals surface area contributed by atoms with Gasteiger partial charge in [-0.2, -0.15) is 0 Å². The lowest BCUT2D eigenvalue weighted by molar-refractivity contribution is 0.171. The van der Waals surface area contributed by atoms with Gasteiger partial charge in [-0.1, -0.05) is 26.0 Å². The molecule has 0 bridgehead atoms. The first kappa shape index (κ1) is 18.4. The molecule has 1 heterocycles. The molecule has 0 amide bonds. The normalized spacial score (nSPS) is 14.2. The van der Waals surface area contributed by atoms with Crippen molar-refractivity contribution in [1.29, 1.82) is 0 Å². The van der Waals surface area contributed by atoms with Gasteiger partial charge in [-0.3, -0.25) is 0 Å². The highest BCUT2D eigenvalue weighted by Gasteiger charge is 2.20. The molecule has 1 N–H and O–H groups in total. The van der Waals surface area contributed by atoms with Gasteiger partial charge >= 0.3 is 0 Å². The molecule has 0 unspecified atom stereocenters. The minimum Gasteiger partial charge on any atom is -0.497 e. The first-order valence-corrected chi connectivity index (χ1v) is 8.96. The quantitative estimate of drug-likeness (QED) is 0.813. The van der Waals surface area contributed by atoms with Crippen LogP contribution in [0.2, 0.25) is 0 Å². The summed E-state index contributed by atoms with van der Waals surface area (Å²) in [4.78, 5) is 0. The van der Waals surface area contributed by atoms with Gasteiger partial charge in [0.05, 0.1) is 14.2 Å². The molecule has 0 radical (unpaired) electrons. The number of fused-ring (bicyclic) bond motifs is 1. The Labute approximate surface area is 155 Å². The molecule has 2 aromatic carbocycles. The Balaban J connectivity index is 1.77. The molecule has 2 aromatic rings. The van der Waals surface area contributed by atoms with Gasteiger partial charge < -0.3 is 24.3 Å². The van der Waals surface area contributed by atoms with Crippen molar-refractivity contribution in [3.63, 3.8) is 0 Å². The fourth-order valence-corrected chi connectivity index (χ4v) is 3.21. The molecule has 140 valence electrons. The smallest absolute Gasteiger partial charge is 0.161 e. The summed E-state index contributed by atoms with van der Waals surface area (Å²) in [7, 11) is 3.34. The number of rotatable bonds is 7. The van der Waals surface area contributed by atoms with Crippen LogP contribution >= 0.6 is 0 Å². The van der Waals surface area contributed by atoms with E-state index in [2.05, 4.69) is 31.3 Å². The van der Waals surface area contributed by atoms with E-state index in [1.54, 1.807) is 14.2 Å². The fraction of sp³-hybridized carbons (Fsp3) is 0.429. The Bertz CT molecular complexity index is 745. The average molecular weight is 357 g/mol. The zero-order valence-electron chi connectivity index (χ0n) is 15.9. The Kier molecular flexibility index (Phi) is 5.89. The molecule has 0 saturated heterocycles. The highest BCUT2D eigenvalue weighted by atomic mass is 16.6. The summed E-state index contributed by atoms with van der Waals surface area (Å²) < 4.78 is 22.1. The summed E-state index contributed by atoms with van der Waals surface area (Å²) in [6, 6.07) is 12.3. The first-order chi connectivity index (χ1) is 12.6. The van der Waals surface area contributed by atoms with Gasteiger partial charge in [-0.05, 0) is 29.7 Å². The van der Waals surface area contributed by atoms with Crippen LogP contribution in [0.15, 0.2) is 36.4 Å². The van der Waals surface area contributed by atoms with E-state index in [1.807, 2.05) is 24.3 Å². The van der Waals surface area contributed by atoms with Crippen molar-refractivity contribution >= 4 is 0 Å². The predicted octanol–water partition coefficient (Wildman–Crippen LogP) is 3.96. The Morgan fingerprint density at radius 3 is 2.42 bits per heavy atom. The lowest BCUT2D eigenvalue weighted by atomic mass is 9.95. The fourth-order valence-electron chi connectivity index (χ4n) is 3.21. The van der Waals surface area contributed by atoms with Crippen molar-refractivity contribution in [1.82, 2.24) is 5.32 Å². The molecule has 26 heavy (non-hydrogen) atoms. The number of nitrogens with one attached hydrogen (secondary N) is 1. The van der Waals surface area contributed by atoms with Crippen LogP contribution in [0.4, 0.5) is 0 Å². The van der Waals surface area contributed by atoms with Crippen LogP contribution in [-0.4, -0.2) is 27.4 Å². The average Bonchev–Trinajstić information content (AvgIpc) is 2.67. The maximum Gasteiger partial charge on any atom is 0.161 e. The van der Waals surface area contributed by atoms with E-state index in [0.29, 0.717) is 25.7 Å². The second-order valence-electron chi connectivity index (χ2n) is 6.68. The topological polar surface area (TPSA) is 49.0 Å². The van der Waals surface area contributed by atoms with E-state index in [9.17, 15) is 0 Å². The van der Waals surface area contributed by atoms with Gasteiger partial charge in [0.2, 0.25) is 0 Å². The van der Waals surface area contributed by atoms with Gasteiger partial charge in [0.1, 0.15) is 24.7 Å². The van der Waals surface area contributed by atoms with Crippen molar-refractivity contribution in [2.45, 2.75) is 26.4 Å². The summed E-state index contributed by atoms with van der Waals surface area (Å²) in [5.74, 6) is 3.67. The monoisotopic (exact) mass is 357 g/mol. The van der Waals surface area contributed by atoms with Crippen LogP contribution in [0.1, 0.15) is 31.0 Å². The van der Waals surface area contributed by atoms with Crippen molar-refractivity contribution in [2.24, 2.45) is 5.92 Å². The molecule has 1 atom stereocenters. The third-order valence-corrected chi connectivity index (χ3v) is 4.60. The molecule has 0 fully saturated rings. The van der Waals surface area contributed by atoms with Gasteiger partial charge in [0, 0.05) is 24.2 Å². The molecule has 5 heteroatoms. The lowest BCUT2D eigenvalue weighted by Gasteiger charge is -2.26. The van der Waals surface area contributed by atoms with Crippen LogP contribution in [0.5, 0.6) is 23.0 Å². The molecule has 1 aliphatic rings. The van der Waals surface area contributed by atoms with Gasteiger partial charge in [0.25, 0.3) is 0 Å². The standard InChI is InChI=1S/C21H27NO4/c1-14(2)21(15-6-8-18-20(11-15)26-10-9-25-18)22-13-16-5-7-17(23-3)12-19(16)24-4/h5-8,11-12,14,21-22H,9-10,13H2,1-4H3/t21-/m1/s1. The summed E-state index contributed by atoms with van der Waals surface area (Å²) >= 11 is 0. The summed E-state index contributed by atoms with van der Waals surface area (Å²) in [5.41, 5.74) is 2.29. The number of methoxy groups -OCH3 is 2. The molecule has 0 aliphatic carbocycles. The van der Waals surface area contributed by atoms with Gasteiger partial charge in [-0.15, -0.1) is 0 Å². The Morgan fingerprint density at radius 2 is 1.73 bits per heavy atom. The zero-order valence-corrected chi connectivity index (χ0v) is 15.9. The lowest BCUT2D eigenvalue weighted by Crippen LogP contribution is -2.26. The van der Waals surface area contributed by atoms with Crippen molar-refractivity contribution in [3.8, 4) is 23.0 Å². The third kappa shape index (κ3) is 4.05. The largest absolute Gasteiger partial charge is 0.497 e. The number of hydrogen-bond acceptors (Lipinski definition) is 5. The van der Waals surface area contributed by atoms with E-state index in [-0.39, 0.29) is 6.04 Å². The molecule has 3 rings (SSSR count). The molecule has 0 spiro atoms. The summed E-state index contributed by atoms with van der Waals surface area (Å²) in [6.07, 6.45) is 0. The molecule has 0 aromatic heterocycles. The zero-order chi connectivity index (χ0) is 18.5. The minimum atomic E-state index is 0.192. The van der Waals surface area contributed by atoms with E-state index in [4.69, 9.17) is 18.9 Å². The first-order valence-electron chi connectivity index (χ1n) is 8.96. The number of ether oxygens (including phenoxy) is 4. The highest BCUT2D eigenvalue weighted by Crippen LogP contribution is 2.35. The maximum atomic E-state index is 5.73. The molecular weight excluding hydrogens is 330 g/mol. The molecule has 1 aliphatic heterocycles. The Morgan fingerprint density at radius 1 is 0.962 bits per heavy atom. The number of benzene rings is 2. The van der Waals surface area contributed by atoms with Gasteiger partial charge in [-0.25, -0.2) is 0 Å². The third-order valence-electron chi connectivity index (χ3n) is 4.60. The van der Waals surface area contributed by atoms with E-state index in [0.717, 1.165) is 28.6 Å².